The minimum atomic E-state index is -0.426. The molecule has 2 unspecified atom stereocenters. The zero-order chi connectivity index (χ0) is 12.6. The van der Waals surface area contributed by atoms with E-state index < -0.39 is 5.60 Å². The highest BCUT2D eigenvalue weighted by atomic mass is 16.3. The Hall–Kier alpha value is -0.120. The van der Waals surface area contributed by atoms with Gasteiger partial charge in [0.1, 0.15) is 0 Å². The molecule has 3 aliphatic rings. The van der Waals surface area contributed by atoms with Gasteiger partial charge in [0, 0.05) is 25.6 Å². The van der Waals surface area contributed by atoms with Crippen LogP contribution in [0.1, 0.15) is 57.8 Å². The number of nitrogens with zero attached hydrogens (tertiary/aromatic N) is 1. The number of hydrogen-bond acceptors (Lipinski definition) is 3. The third-order valence-corrected chi connectivity index (χ3v) is 5.56. The van der Waals surface area contributed by atoms with Gasteiger partial charge in [-0.15, -0.1) is 0 Å². The Morgan fingerprint density at radius 2 is 1.67 bits per heavy atom. The number of likely N-dealkylation sites (tertiary alicyclic amines) is 1. The lowest BCUT2D eigenvalue weighted by molar-refractivity contribution is -0.108. The zero-order valence-electron chi connectivity index (χ0n) is 11.4. The monoisotopic (exact) mass is 253 g/mol. The number of aliphatic hydroxyl groups is 2. The van der Waals surface area contributed by atoms with E-state index in [4.69, 9.17) is 0 Å². The van der Waals surface area contributed by atoms with Gasteiger partial charge in [0.2, 0.25) is 0 Å². The molecule has 2 N–H and O–H groups in total. The maximum atomic E-state index is 10.6. The highest BCUT2D eigenvalue weighted by Crippen LogP contribution is 2.40. The van der Waals surface area contributed by atoms with Gasteiger partial charge in [0.25, 0.3) is 0 Å². The standard InChI is InChI=1S/C15H27NO2/c17-14(6-3-4-7-14)12-16-10-9-15(18)8-2-1-5-13(15)11-16/h13,17-18H,1-12H2. The van der Waals surface area contributed by atoms with Crippen LogP contribution in [0.4, 0.5) is 0 Å². The predicted octanol–water partition coefficient (Wildman–Crippen LogP) is 1.92. The van der Waals surface area contributed by atoms with Crippen molar-refractivity contribution in [1.82, 2.24) is 4.90 Å². The molecule has 3 rings (SSSR count). The van der Waals surface area contributed by atoms with Crippen molar-refractivity contribution in [2.24, 2.45) is 5.92 Å². The van der Waals surface area contributed by atoms with Gasteiger partial charge >= 0.3 is 0 Å². The summed E-state index contributed by atoms with van der Waals surface area (Å²) < 4.78 is 0. The lowest BCUT2D eigenvalue weighted by Gasteiger charge is -2.48. The number of piperidine rings is 1. The van der Waals surface area contributed by atoms with E-state index in [1.165, 1.54) is 32.1 Å². The topological polar surface area (TPSA) is 43.7 Å². The molecule has 1 heterocycles. The summed E-state index contributed by atoms with van der Waals surface area (Å²) in [6.07, 6.45) is 9.84. The van der Waals surface area contributed by atoms with E-state index in [0.717, 1.165) is 45.3 Å². The lowest BCUT2D eigenvalue weighted by Crippen LogP contribution is -2.55. The van der Waals surface area contributed by atoms with Gasteiger partial charge in [0.05, 0.1) is 11.2 Å². The summed E-state index contributed by atoms with van der Waals surface area (Å²) >= 11 is 0. The van der Waals surface area contributed by atoms with Crippen LogP contribution >= 0.6 is 0 Å². The van der Waals surface area contributed by atoms with Gasteiger partial charge in [0.15, 0.2) is 0 Å². The lowest BCUT2D eigenvalue weighted by atomic mass is 9.71. The number of β-amino-alcohol motifs (C(OH)–C–C–N with tert-alkyl or cyclic N) is 1. The van der Waals surface area contributed by atoms with E-state index in [2.05, 4.69) is 4.90 Å². The van der Waals surface area contributed by atoms with Gasteiger partial charge in [-0.2, -0.15) is 0 Å². The first-order valence-corrected chi connectivity index (χ1v) is 7.77. The second-order valence-electron chi connectivity index (χ2n) is 6.96. The first-order chi connectivity index (χ1) is 8.60. The fourth-order valence-electron chi connectivity index (χ4n) is 4.39. The summed E-state index contributed by atoms with van der Waals surface area (Å²) in [7, 11) is 0. The average Bonchev–Trinajstić information content (AvgIpc) is 2.76. The highest BCUT2D eigenvalue weighted by molar-refractivity contribution is 4.97. The minimum absolute atomic E-state index is 0.382. The molecule has 1 aliphatic heterocycles. The van der Waals surface area contributed by atoms with Gasteiger partial charge < -0.3 is 10.2 Å². The summed E-state index contributed by atoms with van der Waals surface area (Å²) in [4.78, 5) is 2.41. The third kappa shape index (κ3) is 2.45. The Balaban J connectivity index is 1.60. The van der Waals surface area contributed by atoms with Crippen LogP contribution in [0.2, 0.25) is 0 Å². The first kappa shape index (κ1) is 12.9. The molecule has 0 aromatic heterocycles. The van der Waals surface area contributed by atoms with Crippen molar-refractivity contribution in [2.45, 2.75) is 69.0 Å². The quantitative estimate of drug-likeness (QED) is 0.790. The van der Waals surface area contributed by atoms with Gasteiger partial charge in [-0.05, 0) is 32.1 Å². The van der Waals surface area contributed by atoms with Gasteiger partial charge in [-0.25, -0.2) is 0 Å². The number of rotatable bonds is 2. The largest absolute Gasteiger partial charge is 0.390 e. The molecule has 3 nitrogen and oxygen atoms in total. The number of fused-ring (bicyclic) bond motifs is 1. The SMILES string of the molecule is OC1(CN2CCC3(O)CCCCC3C2)CCCC1. The second-order valence-corrected chi connectivity index (χ2v) is 6.96. The molecule has 0 amide bonds. The summed E-state index contributed by atoms with van der Waals surface area (Å²) in [5, 5.41) is 21.1. The summed E-state index contributed by atoms with van der Waals surface area (Å²) in [5.74, 6) is 0.449. The molecular formula is C15H27NO2. The minimum Gasteiger partial charge on any atom is -0.390 e. The normalized spacial score (nSPS) is 40.7. The molecule has 3 heteroatoms. The van der Waals surface area contributed by atoms with E-state index in [-0.39, 0.29) is 5.60 Å². The predicted molar refractivity (Wildman–Crippen MR) is 71.4 cm³/mol. The molecule has 2 atom stereocenters. The van der Waals surface area contributed by atoms with Gasteiger partial charge in [-0.3, -0.25) is 4.90 Å². The molecule has 104 valence electrons. The smallest absolute Gasteiger partial charge is 0.0774 e. The first-order valence-electron chi connectivity index (χ1n) is 7.77. The molecule has 0 spiro atoms. The van der Waals surface area contributed by atoms with Crippen LogP contribution in [0.25, 0.3) is 0 Å². The maximum Gasteiger partial charge on any atom is 0.0774 e. The van der Waals surface area contributed by atoms with Crippen LogP contribution in [0.3, 0.4) is 0 Å². The van der Waals surface area contributed by atoms with Crippen LogP contribution in [0.15, 0.2) is 0 Å². The van der Waals surface area contributed by atoms with Crippen LogP contribution < -0.4 is 0 Å². The molecule has 0 aromatic rings. The molecule has 2 saturated carbocycles. The van der Waals surface area contributed by atoms with Crippen molar-refractivity contribution >= 4 is 0 Å². The molecule has 1 saturated heterocycles. The molecule has 0 aromatic carbocycles. The summed E-state index contributed by atoms with van der Waals surface area (Å²) in [5.41, 5.74) is -0.808. The van der Waals surface area contributed by atoms with Crippen molar-refractivity contribution < 1.29 is 10.2 Å². The van der Waals surface area contributed by atoms with E-state index in [9.17, 15) is 10.2 Å². The van der Waals surface area contributed by atoms with Crippen LogP contribution in [0.5, 0.6) is 0 Å². The molecule has 0 bridgehead atoms. The third-order valence-electron chi connectivity index (χ3n) is 5.56. The Morgan fingerprint density at radius 1 is 0.944 bits per heavy atom. The highest BCUT2D eigenvalue weighted by Gasteiger charge is 2.44. The Kier molecular flexibility index (Phi) is 3.41. The molecule has 3 fully saturated rings. The van der Waals surface area contributed by atoms with E-state index in [0.29, 0.717) is 5.92 Å². The second kappa shape index (κ2) is 4.77. The van der Waals surface area contributed by atoms with Gasteiger partial charge in [-0.1, -0.05) is 25.7 Å². The van der Waals surface area contributed by atoms with Crippen molar-refractivity contribution in [3.63, 3.8) is 0 Å². The average molecular weight is 253 g/mol. The zero-order valence-corrected chi connectivity index (χ0v) is 11.4. The Labute approximate surface area is 110 Å². The van der Waals surface area contributed by atoms with Crippen molar-refractivity contribution in [1.29, 1.82) is 0 Å². The van der Waals surface area contributed by atoms with Crippen molar-refractivity contribution in [3.8, 4) is 0 Å². The fourth-order valence-corrected chi connectivity index (χ4v) is 4.39. The van der Waals surface area contributed by atoms with E-state index >= 15 is 0 Å². The fraction of sp³-hybridized carbons (Fsp3) is 1.00. The van der Waals surface area contributed by atoms with Crippen LogP contribution in [0, 0.1) is 5.92 Å². The summed E-state index contributed by atoms with van der Waals surface area (Å²) in [6.45, 7) is 2.80. The number of hydrogen-bond donors (Lipinski definition) is 2. The molecule has 0 radical (unpaired) electrons. The summed E-state index contributed by atoms with van der Waals surface area (Å²) in [6, 6.07) is 0. The van der Waals surface area contributed by atoms with Crippen LogP contribution in [-0.2, 0) is 0 Å². The van der Waals surface area contributed by atoms with Crippen molar-refractivity contribution in [2.75, 3.05) is 19.6 Å². The maximum absolute atomic E-state index is 10.6. The Morgan fingerprint density at radius 3 is 2.44 bits per heavy atom. The van der Waals surface area contributed by atoms with E-state index in [1.54, 1.807) is 0 Å². The molecule has 18 heavy (non-hydrogen) atoms. The van der Waals surface area contributed by atoms with E-state index in [1.807, 2.05) is 0 Å². The Bertz CT molecular complexity index is 301. The molecular weight excluding hydrogens is 226 g/mol. The molecule has 2 aliphatic carbocycles. The van der Waals surface area contributed by atoms with Crippen molar-refractivity contribution in [3.05, 3.63) is 0 Å². The van der Waals surface area contributed by atoms with Crippen LogP contribution in [-0.4, -0.2) is 45.9 Å².